The topological polar surface area (TPSA) is 170 Å². The Labute approximate surface area is 265 Å². The number of hydrogen-bond acceptors (Lipinski definition) is 9. The highest BCUT2D eigenvalue weighted by atomic mass is 35.5. The first-order valence-electron chi connectivity index (χ1n) is 14.9. The summed E-state index contributed by atoms with van der Waals surface area (Å²) in [6.07, 6.45) is 0.575. The number of ether oxygens (including phenoxy) is 3. The number of nitrogens with zero attached hydrogens (tertiary/aromatic N) is 4. The Kier molecular flexibility index (Phi) is 10.9. The molecule has 1 aliphatic heterocycles. The molecule has 1 saturated carbocycles. The van der Waals surface area contributed by atoms with Crippen LogP contribution in [0.4, 0.5) is 4.79 Å². The molecule has 4 rings (SSSR count). The van der Waals surface area contributed by atoms with Gasteiger partial charge in [-0.25, -0.2) is 9.59 Å². The lowest BCUT2D eigenvalue weighted by molar-refractivity contribution is -0.170. The van der Waals surface area contributed by atoms with Gasteiger partial charge in [-0.3, -0.25) is 14.4 Å². The highest BCUT2D eigenvalue weighted by Crippen LogP contribution is 2.39. The quantitative estimate of drug-likeness (QED) is 0.327. The number of piperazine rings is 1. The van der Waals surface area contributed by atoms with Crippen LogP contribution in [-0.2, 0) is 23.9 Å². The third-order valence-electron chi connectivity index (χ3n) is 7.85. The average molecular weight is 648 g/mol. The highest BCUT2D eigenvalue weighted by Gasteiger charge is 2.49. The smallest absolute Gasteiger partial charge is 0.409 e. The van der Waals surface area contributed by atoms with E-state index in [1.54, 1.807) is 39.0 Å². The number of aromatic nitrogens is 2. The van der Waals surface area contributed by atoms with Crippen LogP contribution in [0.3, 0.4) is 0 Å². The summed E-state index contributed by atoms with van der Waals surface area (Å²) in [6.45, 7) is 6.42. The summed E-state index contributed by atoms with van der Waals surface area (Å²) >= 11 is 6.37. The van der Waals surface area contributed by atoms with E-state index in [2.05, 4.69) is 10.4 Å². The first-order valence-corrected chi connectivity index (χ1v) is 15.3. The van der Waals surface area contributed by atoms with Crippen molar-refractivity contribution in [2.45, 2.75) is 64.5 Å². The minimum atomic E-state index is -1.24. The van der Waals surface area contributed by atoms with Gasteiger partial charge in [-0.1, -0.05) is 17.7 Å². The molecule has 2 fully saturated rings. The van der Waals surface area contributed by atoms with Crippen LogP contribution in [0.2, 0.25) is 5.02 Å². The molecule has 3 amide bonds. The van der Waals surface area contributed by atoms with E-state index in [4.69, 9.17) is 25.8 Å². The lowest BCUT2D eigenvalue weighted by Crippen LogP contribution is -2.56. The normalized spacial score (nSPS) is 16.3. The van der Waals surface area contributed by atoms with Crippen molar-refractivity contribution in [1.82, 2.24) is 24.9 Å². The van der Waals surface area contributed by atoms with Crippen LogP contribution >= 0.6 is 11.6 Å². The lowest BCUT2D eigenvalue weighted by atomic mass is 9.80. The van der Waals surface area contributed by atoms with Gasteiger partial charge in [0.25, 0.3) is 5.91 Å². The number of carbonyl (C=O) groups excluding carboxylic acids is 4. The van der Waals surface area contributed by atoms with Crippen molar-refractivity contribution in [2.75, 3.05) is 39.4 Å². The number of rotatable bonds is 12. The fourth-order valence-corrected chi connectivity index (χ4v) is 5.33. The van der Waals surface area contributed by atoms with Crippen molar-refractivity contribution in [3.63, 3.8) is 0 Å². The third-order valence-corrected chi connectivity index (χ3v) is 8.26. The van der Waals surface area contributed by atoms with Crippen molar-refractivity contribution in [3.05, 3.63) is 40.5 Å². The molecule has 1 aliphatic carbocycles. The lowest BCUT2D eigenvalue weighted by Gasteiger charge is -2.38. The zero-order valence-corrected chi connectivity index (χ0v) is 26.3. The van der Waals surface area contributed by atoms with Crippen LogP contribution in [0.15, 0.2) is 24.3 Å². The molecular formula is C30H38ClN5O9. The van der Waals surface area contributed by atoms with E-state index in [9.17, 15) is 29.1 Å². The molecule has 244 valence electrons. The largest absolute Gasteiger partial charge is 0.481 e. The number of carboxylic acid groups (broad SMARTS) is 1. The van der Waals surface area contributed by atoms with E-state index >= 15 is 0 Å². The molecule has 1 atom stereocenters. The number of esters is 1. The third kappa shape index (κ3) is 7.67. The van der Waals surface area contributed by atoms with Crippen molar-refractivity contribution >= 4 is 41.4 Å². The monoisotopic (exact) mass is 647 g/mol. The number of benzene rings is 1. The van der Waals surface area contributed by atoms with E-state index in [1.165, 1.54) is 20.5 Å². The summed E-state index contributed by atoms with van der Waals surface area (Å²) in [5.41, 5.74) is -0.204. The summed E-state index contributed by atoms with van der Waals surface area (Å²) < 4.78 is 17.9. The van der Waals surface area contributed by atoms with Gasteiger partial charge < -0.3 is 34.4 Å². The van der Waals surface area contributed by atoms with Crippen molar-refractivity contribution < 1.29 is 43.3 Å². The van der Waals surface area contributed by atoms with Crippen molar-refractivity contribution in [1.29, 1.82) is 0 Å². The Balaban J connectivity index is 1.59. The summed E-state index contributed by atoms with van der Waals surface area (Å²) in [5, 5.41) is 16.9. The van der Waals surface area contributed by atoms with Gasteiger partial charge >= 0.3 is 18.0 Å². The van der Waals surface area contributed by atoms with Gasteiger partial charge in [0, 0.05) is 43.7 Å². The zero-order valence-electron chi connectivity index (χ0n) is 25.5. The minimum Gasteiger partial charge on any atom is -0.481 e. The molecule has 1 unspecified atom stereocenters. The highest BCUT2D eigenvalue weighted by molar-refractivity contribution is 6.31. The molecule has 2 aliphatic rings. The maximum atomic E-state index is 13.6. The van der Waals surface area contributed by atoms with Crippen LogP contribution in [0.5, 0.6) is 5.88 Å². The van der Waals surface area contributed by atoms with E-state index in [0.29, 0.717) is 29.1 Å². The Hall–Kier alpha value is -4.33. The maximum Gasteiger partial charge on any atom is 0.409 e. The van der Waals surface area contributed by atoms with Crippen LogP contribution in [0, 0.1) is 6.92 Å². The molecular weight excluding hydrogens is 610 g/mol. The molecule has 2 aromatic rings. The number of hydrogen-bond donors (Lipinski definition) is 2. The van der Waals surface area contributed by atoms with Gasteiger partial charge in [0.2, 0.25) is 17.4 Å². The van der Waals surface area contributed by atoms with Gasteiger partial charge in [-0.05, 0) is 64.2 Å². The summed E-state index contributed by atoms with van der Waals surface area (Å²) in [6, 6.07) is 5.34. The molecule has 2 heterocycles. The molecule has 15 heteroatoms. The number of halogens is 1. The fourth-order valence-electron chi connectivity index (χ4n) is 5.16. The molecule has 0 bridgehead atoms. The van der Waals surface area contributed by atoms with Crippen LogP contribution in [-0.4, -0.2) is 106 Å². The second-order valence-corrected chi connectivity index (χ2v) is 11.2. The average Bonchev–Trinajstić information content (AvgIpc) is 3.41. The molecule has 1 aromatic heterocycles. The maximum absolute atomic E-state index is 13.6. The molecule has 45 heavy (non-hydrogen) atoms. The molecule has 1 saturated heterocycles. The number of carbonyl (C=O) groups is 5. The van der Waals surface area contributed by atoms with Crippen LogP contribution in [0.1, 0.15) is 62.0 Å². The second-order valence-electron chi connectivity index (χ2n) is 10.8. The molecule has 0 spiro atoms. The van der Waals surface area contributed by atoms with Crippen LogP contribution < -0.4 is 10.1 Å². The van der Waals surface area contributed by atoms with E-state index < -0.39 is 41.5 Å². The SMILES string of the molecule is CCOC(=O)N1CCN(C(=O)C(CCC(=O)O)NC(=O)c2cc(OC3(C(=O)OCC)CCC3)n(-c3cccc(Cl)c3C)n2)CC1. The van der Waals surface area contributed by atoms with Gasteiger partial charge in [-0.2, -0.15) is 9.78 Å². The Morgan fingerprint density at radius 3 is 2.31 bits per heavy atom. The fraction of sp³-hybridized carbons (Fsp3) is 0.533. The van der Waals surface area contributed by atoms with Gasteiger partial charge in [0.15, 0.2) is 5.69 Å². The summed E-state index contributed by atoms with van der Waals surface area (Å²) in [4.78, 5) is 66.4. The molecule has 14 nitrogen and oxygen atoms in total. The number of nitrogens with one attached hydrogen (secondary N) is 1. The molecule has 0 radical (unpaired) electrons. The van der Waals surface area contributed by atoms with E-state index in [0.717, 1.165) is 6.42 Å². The summed E-state index contributed by atoms with van der Waals surface area (Å²) in [7, 11) is 0. The first kappa shape index (κ1) is 33.6. The zero-order chi connectivity index (χ0) is 32.7. The number of aliphatic carboxylic acids is 1. The van der Waals surface area contributed by atoms with Gasteiger partial charge in [0.1, 0.15) is 6.04 Å². The predicted octanol–water partition coefficient (Wildman–Crippen LogP) is 2.96. The van der Waals surface area contributed by atoms with Gasteiger partial charge in [0.05, 0.1) is 18.9 Å². The number of carboxylic acids is 1. The standard InChI is InChI=1S/C30H38ClN5O9/c1-4-43-28(41)30(12-7-13-30)45-24-18-22(33-36(24)23-9-6-8-20(31)19(23)3)26(39)32-21(10-11-25(37)38)27(40)34-14-16-35(17-15-34)29(42)44-5-2/h6,8-9,18,21H,4-5,7,10-17H2,1-3H3,(H,32,39)(H,37,38). The van der Waals surface area contributed by atoms with Gasteiger partial charge in [-0.15, -0.1) is 0 Å². The molecule has 2 N–H and O–H groups in total. The van der Waals surface area contributed by atoms with Crippen LogP contribution in [0.25, 0.3) is 5.69 Å². The predicted molar refractivity (Wildman–Crippen MR) is 160 cm³/mol. The molecule has 1 aromatic carbocycles. The van der Waals surface area contributed by atoms with Crippen molar-refractivity contribution in [2.24, 2.45) is 0 Å². The first-order chi connectivity index (χ1) is 21.5. The van der Waals surface area contributed by atoms with E-state index in [1.807, 2.05) is 0 Å². The summed E-state index contributed by atoms with van der Waals surface area (Å²) in [5.74, 6) is -2.77. The Morgan fingerprint density at radius 2 is 1.71 bits per heavy atom. The Morgan fingerprint density at radius 1 is 1.04 bits per heavy atom. The van der Waals surface area contributed by atoms with E-state index in [-0.39, 0.29) is 63.8 Å². The Bertz CT molecular complexity index is 1430. The minimum absolute atomic E-state index is 0.0989. The second kappa shape index (κ2) is 14.6. The number of amides is 3. The van der Waals surface area contributed by atoms with Crippen molar-refractivity contribution in [3.8, 4) is 11.6 Å².